The summed E-state index contributed by atoms with van der Waals surface area (Å²) in [5, 5.41) is 4.71. The van der Waals surface area contributed by atoms with Crippen LogP contribution in [0.25, 0.3) is 16.3 Å². The zero-order valence-electron chi connectivity index (χ0n) is 17.7. The Bertz CT molecular complexity index is 1070. The fraction of sp³-hybridized carbons (Fsp3) is 0.333. The summed E-state index contributed by atoms with van der Waals surface area (Å²) >= 11 is 7.89. The number of benzene rings is 2. The number of thiazole rings is 1. The van der Waals surface area contributed by atoms with Gasteiger partial charge in [-0.25, -0.2) is 4.98 Å². The normalized spacial score (nSPS) is 15.1. The topological polar surface area (TPSA) is 48.5 Å². The molecule has 1 amide bonds. The SMILES string of the molecule is CCc1ccc2nc(N3CCN(CCNC(=O)/C=C/c4ccccc4Cl)CC3)sc2c1. The molecule has 1 saturated heterocycles. The minimum Gasteiger partial charge on any atom is -0.351 e. The van der Waals surface area contributed by atoms with Gasteiger partial charge in [-0.2, -0.15) is 0 Å². The van der Waals surface area contributed by atoms with Crippen molar-refractivity contribution in [2.75, 3.05) is 44.2 Å². The standard InChI is InChI=1S/C24H27ClN4OS/c1-2-18-7-9-21-22(17-18)31-24(27-21)29-15-13-28(14-16-29)12-11-26-23(30)10-8-19-5-3-4-6-20(19)25/h3-10,17H,2,11-16H2,1H3,(H,26,30)/b10-8+. The van der Waals surface area contributed by atoms with E-state index < -0.39 is 0 Å². The minimum atomic E-state index is -0.0977. The number of aromatic nitrogens is 1. The van der Waals surface area contributed by atoms with Crippen LogP contribution >= 0.6 is 22.9 Å². The fourth-order valence-electron chi connectivity index (χ4n) is 3.65. The molecule has 1 N–H and O–H groups in total. The smallest absolute Gasteiger partial charge is 0.244 e. The lowest BCUT2D eigenvalue weighted by atomic mass is 10.2. The maximum Gasteiger partial charge on any atom is 0.244 e. The van der Waals surface area contributed by atoms with Gasteiger partial charge in [0.2, 0.25) is 5.91 Å². The summed E-state index contributed by atoms with van der Waals surface area (Å²) in [5.74, 6) is -0.0977. The molecule has 4 rings (SSSR count). The van der Waals surface area contributed by atoms with E-state index in [-0.39, 0.29) is 5.91 Å². The third-order valence-corrected chi connectivity index (χ3v) is 6.96. The van der Waals surface area contributed by atoms with Crippen LogP contribution in [0.1, 0.15) is 18.1 Å². The maximum atomic E-state index is 12.1. The van der Waals surface area contributed by atoms with E-state index in [1.54, 1.807) is 17.4 Å². The molecule has 1 aromatic heterocycles. The predicted octanol–water partition coefficient (Wildman–Crippen LogP) is 4.46. The number of halogens is 1. The van der Waals surface area contributed by atoms with Gasteiger partial charge in [-0.1, -0.05) is 54.1 Å². The van der Waals surface area contributed by atoms with E-state index >= 15 is 0 Å². The van der Waals surface area contributed by atoms with Crippen LogP contribution in [0, 0.1) is 0 Å². The summed E-state index contributed by atoms with van der Waals surface area (Å²) in [4.78, 5) is 21.6. The number of carbonyl (C=O) groups is 1. The van der Waals surface area contributed by atoms with Crippen LogP contribution in [0.5, 0.6) is 0 Å². The number of piperazine rings is 1. The van der Waals surface area contributed by atoms with Gasteiger partial charge in [-0.05, 0) is 41.8 Å². The Labute approximate surface area is 192 Å². The van der Waals surface area contributed by atoms with Gasteiger partial charge in [0.25, 0.3) is 0 Å². The van der Waals surface area contributed by atoms with Crippen molar-refractivity contribution in [3.8, 4) is 0 Å². The van der Waals surface area contributed by atoms with E-state index in [9.17, 15) is 4.79 Å². The molecule has 0 radical (unpaired) electrons. The second kappa shape index (κ2) is 10.3. The molecule has 1 aliphatic heterocycles. The number of nitrogens with one attached hydrogen (secondary N) is 1. The Morgan fingerprint density at radius 1 is 1.19 bits per heavy atom. The van der Waals surface area contributed by atoms with Gasteiger partial charge >= 0.3 is 0 Å². The number of nitrogens with zero attached hydrogens (tertiary/aromatic N) is 3. The van der Waals surface area contributed by atoms with Crippen molar-refractivity contribution in [1.29, 1.82) is 0 Å². The Balaban J connectivity index is 1.21. The van der Waals surface area contributed by atoms with E-state index in [0.717, 1.165) is 55.4 Å². The van der Waals surface area contributed by atoms with Crippen molar-refractivity contribution in [3.05, 3.63) is 64.7 Å². The lowest BCUT2D eigenvalue weighted by Crippen LogP contribution is -2.48. The summed E-state index contributed by atoms with van der Waals surface area (Å²) in [6.07, 6.45) is 4.34. The molecule has 1 aliphatic rings. The Hall–Kier alpha value is -2.41. The van der Waals surface area contributed by atoms with Crippen molar-refractivity contribution >= 4 is 50.3 Å². The lowest BCUT2D eigenvalue weighted by Gasteiger charge is -2.34. The number of hydrogen-bond acceptors (Lipinski definition) is 5. The summed E-state index contributed by atoms with van der Waals surface area (Å²) in [6, 6.07) is 14.0. The molecule has 0 aliphatic carbocycles. The summed E-state index contributed by atoms with van der Waals surface area (Å²) < 4.78 is 1.27. The maximum absolute atomic E-state index is 12.1. The first kappa shape index (κ1) is 21.8. The average molecular weight is 455 g/mol. The minimum absolute atomic E-state index is 0.0977. The summed E-state index contributed by atoms with van der Waals surface area (Å²) in [5.41, 5.74) is 3.29. The predicted molar refractivity (Wildman–Crippen MR) is 131 cm³/mol. The van der Waals surface area contributed by atoms with Crippen LogP contribution in [-0.2, 0) is 11.2 Å². The van der Waals surface area contributed by atoms with Crippen LogP contribution in [0.2, 0.25) is 5.02 Å². The highest BCUT2D eigenvalue weighted by Gasteiger charge is 2.19. The number of carbonyl (C=O) groups excluding carboxylic acids is 1. The second-order valence-electron chi connectivity index (χ2n) is 7.63. The number of aryl methyl sites for hydroxylation is 1. The number of anilines is 1. The van der Waals surface area contributed by atoms with Crippen LogP contribution in [0.4, 0.5) is 5.13 Å². The van der Waals surface area contributed by atoms with Crippen molar-refractivity contribution in [1.82, 2.24) is 15.2 Å². The van der Waals surface area contributed by atoms with Crippen LogP contribution in [-0.4, -0.2) is 55.1 Å². The van der Waals surface area contributed by atoms with Crippen molar-refractivity contribution in [3.63, 3.8) is 0 Å². The third-order valence-electron chi connectivity index (χ3n) is 5.54. The van der Waals surface area contributed by atoms with Crippen molar-refractivity contribution < 1.29 is 4.79 Å². The molecule has 31 heavy (non-hydrogen) atoms. The summed E-state index contributed by atoms with van der Waals surface area (Å²) in [7, 11) is 0. The van der Waals surface area contributed by atoms with E-state index in [1.807, 2.05) is 24.3 Å². The van der Waals surface area contributed by atoms with Crippen LogP contribution in [0.15, 0.2) is 48.5 Å². The van der Waals surface area contributed by atoms with Gasteiger partial charge in [-0.3, -0.25) is 9.69 Å². The molecule has 5 nitrogen and oxygen atoms in total. The lowest BCUT2D eigenvalue weighted by molar-refractivity contribution is -0.116. The van der Waals surface area contributed by atoms with E-state index in [2.05, 4.69) is 40.2 Å². The van der Waals surface area contributed by atoms with Crippen molar-refractivity contribution in [2.24, 2.45) is 0 Å². The molecule has 0 spiro atoms. The molecule has 2 heterocycles. The largest absolute Gasteiger partial charge is 0.351 e. The average Bonchev–Trinajstić information content (AvgIpc) is 3.22. The number of hydrogen-bond donors (Lipinski definition) is 1. The first-order chi connectivity index (χ1) is 15.1. The second-order valence-corrected chi connectivity index (χ2v) is 9.04. The zero-order chi connectivity index (χ0) is 21.6. The van der Waals surface area contributed by atoms with Gasteiger partial charge in [0.15, 0.2) is 5.13 Å². The highest BCUT2D eigenvalue weighted by atomic mass is 35.5. The van der Waals surface area contributed by atoms with E-state index in [0.29, 0.717) is 11.6 Å². The molecule has 2 aromatic carbocycles. The molecule has 7 heteroatoms. The number of fused-ring (bicyclic) bond motifs is 1. The molecule has 0 atom stereocenters. The molecule has 0 saturated carbocycles. The van der Waals surface area contributed by atoms with E-state index in [4.69, 9.17) is 16.6 Å². The van der Waals surface area contributed by atoms with Gasteiger partial charge in [0.1, 0.15) is 0 Å². The van der Waals surface area contributed by atoms with Crippen molar-refractivity contribution in [2.45, 2.75) is 13.3 Å². The Morgan fingerprint density at radius 3 is 2.77 bits per heavy atom. The highest BCUT2D eigenvalue weighted by molar-refractivity contribution is 7.22. The zero-order valence-corrected chi connectivity index (χ0v) is 19.3. The Morgan fingerprint density at radius 2 is 2.00 bits per heavy atom. The summed E-state index contributed by atoms with van der Waals surface area (Å²) in [6.45, 7) is 7.52. The van der Waals surface area contributed by atoms with Crippen LogP contribution in [0.3, 0.4) is 0 Å². The molecule has 0 unspecified atom stereocenters. The highest BCUT2D eigenvalue weighted by Crippen LogP contribution is 2.30. The van der Waals surface area contributed by atoms with E-state index in [1.165, 1.54) is 16.3 Å². The monoisotopic (exact) mass is 454 g/mol. The van der Waals surface area contributed by atoms with Gasteiger partial charge < -0.3 is 10.2 Å². The van der Waals surface area contributed by atoms with Gasteiger partial charge in [0, 0.05) is 50.4 Å². The van der Waals surface area contributed by atoms with Crippen LogP contribution < -0.4 is 10.2 Å². The quantitative estimate of drug-likeness (QED) is 0.535. The molecular weight excluding hydrogens is 428 g/mol. The number of rotatable bonds is 7. The first-order valence-electron chi connectivity index (χ1n) is 10.7. The first-order valence-corrected chi connectivity index (χ1v) is 11.9. The van der Waals surface area contributed by atoms with Gasteiger partial charge in [0.05, 0.1) is 10.2 Å². The molecule has 162 valence electrons. The Kier molecular flexibility index (Phi) is 7.22. The number of amides is 1. The molecular formula is C24H27ClN4OS. The molecule has 1 fully saturated rings. The molecule has 0 bridgehead atoms. The van der Waals surface area contributed by atoms with Gasteiger partial charge in [-0.15, -0.1) is 0 Å². The third kappa shape index (κ3) is 5.64. The fourth-order valence-corrected chi connectivity index (χ4v) is 4.93. The molecule has 3 aromatic rings.